The van der Waals surface area contributed by atoms with Gasteiger partial charge in [0.1, 0.15) is 11.5 Å². The minimum Gasteiger partial charge on any atom is -0.466 e. The van der Waals surface area contributed by atoms with Gasteiger partial charge in [0.15, 0.2) is 0 Å². The lowest BCUT2D eigenvalue weighted by Crippen LogP contribution is -2.40. The predicted octanol–water partition coefficient (Wildman–Crippen LogP) is 3.29. The van der Waals surface area contributed by atoms with Gasteiger partial charge in [0.25, 0.3) is 0 Å². The first-order chi connectivity index (χ1) is 18.5. The quantitative estimate of drug-likeness (QED) is 0.404. The van der Waals surface area contributed by atoms with E-state index in [4.69, 9.17) is 15.2 Å². The van der Waals surface area contributed by atoms with Gasteiger partial charge in [0.2, 0.25) is 5.78 Å². The van der Waals surface area contributed by atoms with Gasteiger partial charge in [-0.05, 0) is 23.8 Å². The first-order valence-corrected chi connectivity index (χ1v) is 11.5. The Kier molecular flexibility index (Phi) is 6.33. The molecule has 1 unspecified atom stereocenters. The number of aromatic nitrogens is 3. The SMILES string of the molecule is COC(=O)C1=C(C(=O)OC)N(c2ccc(-c3cn4cccnc4n3)cc2)C(N)=C(C#N)C1c1ccccc1. The number of imidazole rings is 1. The molecule has 5 rings (SSSR count). The summed E-state index contributed by atoms with van der Waals surface area (Å²) in [6.07, 6.45) is 5.36. The van der Waals surface area contributed by atoms with Crippen molar-refractivity contribution in [1.82, 2.24) is 14.4 Å². The number of ether oxygens (including phenoxy) is 2. The summed E-state index contributed by atoms with van der Waals surface area (Å²) in [7, 11) is 2.42. The Labute approximate surface area is 217 Å². The van der Waals surface area contributed by atoms with Crippen molar-refractivity contribution >= 4 is 23.4 Å². The van der Waals surface area contributed by atoms with Crippen LogP contribution in [0.2, 0.25) is 0 Å². The number of nitrogens with two attached hydrogens (primary N) is 1. The van der Waals surface area contributed by atoms with E-state index in [9.17, 15) is 14.9 Å². The lowest BCUT2D eigenvalue weighted by atomic mass is 9.81. The number of allylic oxidation sites excluding steroid dienone is 1. The van der Waals surface area contributed by atoms with Gasteiger partial charge in [0, 0.05) is 29.8 Å². The number of hydrogen-bond acceptors (Lipinski definition) is 9. The fourth-order valence-electron chi connectivity index (χ4n) is 4.53. The van der Waals surface area contributed by atoms with Gasteiger partial charge >= 0.3 is 11.9 Å². The van der Waals surface area contributed by atoms with E-state index in [-0.39, 0.29) is 22.7 Å². The van der Waals surface area contributed by atoms with Crippen molar-refractivity contribution in [2.45, 2.75) is 5.92 Å². The Hall–Kier alpha value is -5.43. The number of fused-ring (bicyclic) bond motifs is 1. The minimum absolute atomic E-state index is 0.000846. The maximum Gasteiger partial charge on any atom is 0.355 e. The fourth-order valence-corrected chi connectivity index (χ4v) is 4.53. The number of rotatable bonds is 5. The Morgan fingerprint density at radius 2 is 1.71 bits per heavy atom. The highest BCUT2D eigenvalue weighted by molar-refractivity contribution is 6.06. The lowest BCUT2D eigenvalue weighted by molar-refractivity contribution is -0.139. The van der Waals surface area contributed by atoms with Crippen LogP contribution in [0.3, 0.4) is 0 Å². The van der Waals surface area contributed by atoms with Crippen molar-refractivity contribution in [1.29, 1.82) is 5.26 Å². The van der Waals surface area contributed by atoms with E-state index in [2.05, 4.69) is 16.0 Å². The number of methoxy groups -OCH3 is 2. The third kappa shape index (κ3) is 4.02. The number of nitrogens with zero attached hydrogens (tertiary/aromatic N) is 5. The van der Waals surface area contributed by atoms with Crippen molar-refractivity contribution in [3.63, 3.8) is 0 Å². The van der Waals surface area contributed by atoms with Gasteiger partial charge in [0.05, 0.1) is 43.0 Å². The maximum absolute atomic E-state index is 13.2. The zero-order chi connectivity index (χ0) is 26.8. The summed E-state index contributed by atoms with van der Waals surface area (Å²) < 4.78 is 11.9. The highest BCUT2D eigenvalue weighted by Gasteiger charge is 2.42. The van der Waals surface area contributed by atoms with Crippen molar-refractivity contribution < 1.29 is 19.1 Å². The summed E-state index contributed by atoms with van der Waals surface area (Å²) in [5.74, 6) is -1.96. The molecule has 2 aromatic carbocycles. The second-order valence-electron chi connectivity index (χ2n) is 8.34. The number of benzene rings is 2. The molecule has 1 aliphatic heterocycles. The van der Waals surface area contributed by atoms with Crippen LogP contribution >= 0.6 is 0 Å². The van der Waals surface area contributed by atoms with Crippen LogP contribution in [-0.4, -0.2) is 40.5 Å². The second-order valence-corrected chi connectivity index (χ2v) is 8.34. The standard InChI is InChI=1S/C28H22N6O4/c1-37-26(35)23-22(18-7-4-3-5-8-18)20(15-29)25(30)34(24(23)27(36)38-2)19-11-9-17(10-12-19)21-16-33-14-6-13-31-28(33)32-21/h3-14,16,22H,30H2,1-2H3. The lowest BCUT2D eigenvalue weighted by Gasteiger charge is -2.35. The Morgan fingerprint density at radius 1 is 1.00 bits per heavy atom. The van der Waals surface area contributed by atoms with Gasteiger partial charge in [-0.3, -0.25) is 9.30 Å². The van der Waals surface area contributed by atoms with Gasteiger partial charge in [-0.1, -0.05) is 42.5 Å². The molecule has 188 valence electrons. The number of nitriles is 1. The fraction of sp³-hybridized carbons (Fsp3) is 0.107. The molecule has 0 saturated heterocycles. The van der Waals surface area contributed by atoms with E-state index in [0.717, 1.165) is 5.56 Å². The molecule has 2 N–H and O–H groups in total. The summed E-state index contributed by atoms with van der Waals surface area (Å²) in [4.78, 5) is 36.4. The number of esters is 2. The van der Waals surface area contributed by atoms with E-state index in [1.54, 1.807) is 65.2 Å². The number of carbonyl (C=O) groups excluding carboxylic acids is 2. The van der Waals surface area contributed by atoms with Crippen LogP contribution in [0.15, 0.2) is 102 Å². The molecule has 0 saturated carbocycles. The molecule has 38 heavy (non-hydrogen) atoms. The first-order valence-electron chi connectivity index (χ1n) is 11.5. The average Bonchev–Trinajstić information content (AvgIpc) is 3.40. The zero-order valence-corrected chi connectivity index (χ0v) is 20.5. The molecule has 10 heteroatoms. The van der Waals surface area contributed by atoms with E-state index >= 15 is 0 Å². The van der Waals surface area contributed by atoms with Gasteiger partial charge in [-0.25, -0.2) is 19.6 Å². The predicted molar refractivity (Wildman–Crippen MR) is 138 cm³/mol. The van der Waals surface area contributed by atoms with E-state index in [0.29, 0.717) is 22.7 Å². The molecule has 1 atom stereocenters. The molecule has 1 aliphatic rings. The molecular weight excluding hydrogens is 484 g/mol. The van der Waals surface area contributed by atoms with Crippen LogP contribution in [0.1, 0.15) is 11.5 Å². The Balaban J connectivity index is 1.68. The van der Waals surface area contributed by atoms with Crippen LogP contribution in [0.4, 0.5) is 5.69 Å². The molecule has 3 heterocycles. The molecule has 0 spiro atoms. The largest absolute Gasteiger partial charge is 0.466 e. The molecular formula is C28H22N6O4. The zero-order valence-electron chi connectivity index (χ0n) is 20.5. The summed E-state index contributed by atoms with van der Waals surface area (Å²) in [5, 5.41) is 10.2. The minimum atomic E-state index is -0.927. The van der Waals surface area contributed by atoms with E-state index < -0.39 is 17.9 Å². The van der Waals surface area contributed by atoms with Crippen LogP contribution in [0, 0.1) is 11.3 Å². The second kappa shape index (κ2) is 9.91. The van der Waals surface area contributed by atoms with Crippen LogP contribution in [0.25, 0.3) is 17.0 Å². The Bertz CT molecular complexity index is 1620. The molecule has 0 aliphatic carbocycles. The summed E-state index contributed by atoms with van der Waals surface area (Å²) in [6.45, 7) is 0. The van der Waals surface area contributed by atoms with Gasteiger partial charge < -0.3 is 15.2 Å². The normalized spacial score (nSPS) is 15.4. The number of carbonyl (C=O) groups is 2. The van der Waals surface area contributed by atoms with Crippen LogP contribution < -0.4 is 10.6 Å². The number of anilines is 1. The smallest absolute Gasteiger partial charge is 0.355 e. The topological polar surface area (TPSA) is 136 Å². The van der Waals surface area contributed by atoms with Crippen molar-refractivity contribution in [2.24, 2.45) is 5.73 Å². The van der Waals surface area contributed by atoms with Gasteiger partial charge in [-0.15, -0.1) is 0 Å². The Morgan fingerprint density at radius 3 is 2.34 bits per heavy atom. The molecule has 0 fully saturated rings. The molecule has 0 radical (unpaired) electrons. The molecule has 4 aromatic rings. The van der Waals surface area contributed by atoms with Crippen molar-refractivity contribution in [2.75, 3.05) is 19.1 Å². The van der Waals surface area contributed by atoms with Crippen LogP contribution in [0.5, 0.6) is 0 Å². The first kappa shape index (κ1) is 24.3. The van der Waals surface area contributed by atoms with E-state index in [1.807, 2.05) is 18.5 Å². The molecule has 0 amide bonds. The highest BCUT2D eigenvalue weighted by atomic mass is 16.5. The highest BCUT2D eigenvalue weighted by Crippen LogP contribution is 2.43. The molecule has 10 nitrogen and oxygen atoms in total. The summed E-state index contributed by atoms with van der Waals surface area (Å²) in [6, 6.07) is 19.8. The molecule has 2 aromatic heterocycles. The summed E-state index contributed by atoms with van der Waals surface area (Å²) in [5.41, 5.74) is 8.99. The van der Waals surface area contributed by atoms with E-state index in [1.165, 1.54) is 19.1 Å². The third-order valence-corrected chi connectivity index (χ3v) is 6.27. The van der Waals surface area contributed by atoms with Crippen molar-refractivity contribution in [3.05, 3.63) is 107 Å². The van der Waals surface area contributed by atoms with Crippen LogP contribution in [-0.2, 0) is 19.1 Å². The maximum atomic E-state index is 13.2. The number of hydrogen-bond donors (Lipinski definition) is 1. The third-order valence-electron chi connectivity index (χ3n) is 6.27. The summed E-state index contributed by atoms with van der Waals surface area (Å²) >= 11 is 0. The average molecular weight is 507 g/mol. The molecule has 0 bridgehead atoms. The van der Waals surface area contributed by atoms with Crippen molar-refractivity contribution in [3.8, 4) is 17.3 Å². The monoisotopic (exact) mass is 506 g/mol. The van der Waals surface area contributed by atoms with Gasteiger partial charge in [-0.2, -0.15) is 5.26 Å².